The highest BCUT2D eigenvalue weighted by molar-refractivity contribution is 6.30. The lowest BCUT2D eigenvalue weighted by molar-refractivity contribution is 0.721. The Balaban J connectivity index is 1.88. The molecule has 4 heteroatoms. The predicted octanol–water partition coefficient (Wildman–Crippen LogP) is 4.41. The summed E-state index contributed by atoms with van der Waals surface area (Å²) in [5, 5.41) is 1.78. The van der Waals surface area contributed by atoms with Gasteiger partial charge in [-0.1, -0.05) is 35.9 Å². The second-order valence-electron chi connectivity index (χ2n) is 6.37. The maximum absolute atomic E-state index is 6.33. The minimum atomic E-state index is 0.569. The average molecular weight is 326 g/mol. The Hall–Kier alpha value is -2.00. The van der Waals surface area contributed by atoms with Gasteiger partial charge in [0.2, 0.25) is 0 Å². The monoisotopic (exact) mass is 325 g/mol. The van der Waals surface area contributed by atoms with Crippen molar-refractivity contribution in [1.82, 2.24) is 9.55 Å². The van der Waals surface area contributed by atoms with Crippen LogP contribution in [-0.2, 0) is 20.0 Å². The van der Waals surface area contributed by atoms with Crippen molar-refractivity contribution in [3.05, 3.63) is 57.9 Å². The number of aryl methyl sites for hydroxylation is 2. The molecule has 0 aliphatic carbocycles. The molecule has 3 heterocycles. The lowest BCUT2D eigenvalue weighted by atomic mass is 10.00. The maximum atomic E-state index is 6.33. The highest BCUT2D eigenvalue weighted by Crippen LogP contribution is 2.35. The zero-order chi connectivity index (χ0) is 16.1. The molecular formula is C19H20ClN3. The molecule has 4 rings (SSSR count). The zero-order valence-corrected chi connectivity index (χ0v) is 14.5. The van der Waals surface area contributed by atoms with Crippen LogP contribution in [0.4, 0.5) is 5.82 Å². The lowest BCUT2D eigenvalue weighted by Crippen LogP contribution is -2.31. The van der Waals surface area contributed by atoms with E-state index < -0.39 is 0 Å². The molecule has 0 atom stereocenters. The first-order chi connectivity index (χ1) is 11.1. The van der Waals surface area contributed by atoms with E-state index in [0.29, 0.717) is 5.15 Å². The third kappa shape index (κ3) is 2.22. The van der Waals surface area contributed by atoms with E-state index in [1.54, 1.807) is 0 Å². The first kappa shape index (κ1) is 14.6. The van der Waals surface area contributed by atoms with Gasteiger partial charge >= 0.3 is 0 Å². The molecule has 2 aromatic heterocycles. The summed E-state index contributed by atoms with van der Waals surface area (Å²) in [5.74, 6) is 1.00. The molecule has 0 spiro atoms. The fourth-order valence-electron chi connectivity index (χ4n) is 3.62. The van der Waals surface area contributed by atoms with Gasteiger partial charge < -0.3 is 9.47 Å². The molecule has 3 nitrogen and oxygen atoms in total. The van der Waals surface area contributed by atoms with E-state index in [9.17, 15) is 0 Å². The van der Waals surface area contributed by atoms with E-state index in [2.05, 4.69) is 59.6 Å². The molecular weight excluding hydrogens is 306 g/mol. The predicted molar refractivity (Wildman–Crippen MR) is 96.4 cm³/mol. The molecule has 0 fully saturated rings. The van der Waals surface area contributed by atoms with Gasteiger partial charge in [0.1, 0.15) is 5.15 Å². The van der Waals surface area contributed by atoms with Gasteiger partial charge in [-0.2, -0.15) is 0 Å². The van der Waals surface area contributed by atoms with Gasteiger partial charge in [-0.05, 0) is 43.0 Å². The molecule has 0 saturated carbocycles. The van der Waals surface area contributed by atoms with Crippen LogP contribution in [0.25, 0.3) is 10.9 Å². The van der Waals surface area contributed by atoms with E-state index >= 15 is 0 Å². The maximum Gasteiger partial charge on any atom is 0.155 e. The van der Waals surface area contributed by atoms with Crippen molar-refractivity contribution < 1.29 is 0 Å². The number of fused-ring (bicyclic) bond motifs is 2. The molecule has 0 amide bonds. The summed E-state index contributed by atoms with van der Waals surface area (Å²) >= 11 is 6.33. The van der Waals surface area contributed by atoms with Crippen molar-refractivity contribution >= 4 is 28.3 Å². The summed E-state index contributed by atoms with van der Waals surface area (Å²) in [7, 11) is 2.11. The second-order valence-corrected chi connectivity index (χ2v) is 6.76. The summed E-state index contributed by atoms with van der Waals surface area (Å²) in [6.45, 7) is 6.17. The molecule has 0 bridgehead atoms. The highest BCUT2D eigenvalue weighted by Gasteiger charge is 2.22. The molecule has 1 aliphatic heterocycles. The molecule has 1 aliphatic rings. The Morgan fingerprint density at radius 3 is 2.65 bits per heavy atom. The Morgan fingerprint density at radius 2 is 1.87 bits per heavy atom. The van der Waals surface area contributed by atoms with E-state index in [-0.39, 0.29) is 0 Å². The normalized spacial score (nSPS) is 14.3. The van der Waals surface area contributed by atoms with Gasteiger partial charge in [-0.15, -0.1) is 0 Å². The third-order valence-electron chi connectivity index (χ3n) is 5.16. The van der Waals surface area contributed by atoms with Crippen molar-refractivity contribution in [2.45, 2.75) is 26.8 Å². The number of aromatic nitrogens is 2. The number of halogens is 1. The average Bonchev–Trinajstić information content (AvgIpc) is 2.78. The SMILES string of the molecule is Cc1c(C)n(C)c2c(N3CCc4ccccc4C3)nc(Cl)cc12. The van der Waals surface area contributed by atoms with Gasteiger partial charge in [0, 0.05) is 31.2 Å². The highest BCUT2D eigenvalue weighted by atomic mass is 35.5. The van der Waals surface area contributed by atoms with Crippen molar-refractivity contribution in [3.63, 3.8) is 0 Å². The topological polar surface area (TPSA) is 21.1 Å². The van der Waals surface area contributed by atoms with Crippen LogP contribution >= 0.6 is 11.6 Å². The van der Waals surface area contributed by atoms with E-state index in [1.807, 2.05) is 6.07 Å². The Morgan fingerprint density at radius 1 is 1.13 bits per heavy atom. The van der Waals surface area contributed by atoms with E-state index in [1.165, 1.54) is 33.3 Å². The minimum Gasteiger partial charge on any atom is -0.350 e. The van der Waals surface area contributed by atoms with Crippen LogP contribution in [0.1, 0.15) is 22.4 Å². The van der Waals surface area contributed by atoms with Gasteiger partial charge in [0.05, 0.1) is 5.52 Å². The largest absolute Gasteiger partial charge is 0.350 e. The zero-order valence-electron chi connectivity index (χ0n) is 13.7. The van der Waals surface area contributed by atoms with Crippen molar-refractivity contribution in [3.8, 4) is 0 Å². The van der Waals surface area contributed by atoms with E-state index in [4.69, 9.17) is 11.6 Å². The number of pyridine rings is 1. The van der Waals surface area contributed by atoms with Crippen LogP contribution in [0.5, 0.6) is 0 Å². The number of anilines is 1. The molecule has 0 saturated heterocycles. The summed E-state index contributed by atoms with van der Waals surface area (Å²) < 4.78 is 2.24. The summed E-state index contributed by atoms with van der Waals surface area (Å²) in [6.07, 6.45) is 1.05. The second kappa shape index (κ2) is 5.27. The van der Waals surface area contributed by atoms with Gasteiger partial charge in [-0.25, -0.2) is 4.98 Å². The Bertz CT molecular complexity index is 911. The number of hydrogen-bond donors (Lipinski definition) is 0. The number of benzene rings is 1. The number of rotatable bonds is 1. The fourth-order valence-corrected chi connectivity index (χ4v) is 3.81. The van der Waals surface area contributed by atoms with Crippen molar-refractivity contribution in [1.29, 1.82) is 0 Å². The molecule has 0 radical (unpaired) electrons. The fraction of sp³-hybridized carbons (Fsp3) is 0.316. The standard InChI is InChI=1S/C19H20ClN3/c1-12-13(2)22(3)18-16(12)10-17(20)21-19(18)23-9-8-14-6-4-5-7-15(14)11-23/h4-7,10H,8-9,11H2,1-3H3. The molecule has 118 valence electrons. The number of hydrogen-bond acceptors (Lipinski definition) is 2. The quantitative estimate of drug-likeness (QED) is 0.618. The summed E-state index contributed by atoms with van der Waals surface area (Å²) in [4.78, 5) is 7.04. The molecule has 1 aromatic carbocycles. The van der Waals surface area contributed by atoms with Gasteiger partial charge in [0.15, 0.2) is 5.82 Å². The van der Waals surface area contributed by atoms with Crippen LogP contribution in [0.2, 0.25) is 5.15 Å². The van der Waals surface area contributed by atoms with Crippen LogP contribution in [0.3, 0.4) is 0 Å². The van der Waals surface area contributed by atoms with Crippen LogP contribution < -0.4 is 4.90 Å². The van der Waals surface area contributed by atoms with Gasteiger partial charge in [0.25, 0.3) is 0 Å². The van der Waals surface area contributed by atoms with Gasteiger partial charge in [-0.3, -0.25) is 0 Å². The Kier molecular flexibility index (Phi) is 3.34. The lowest BCUT2D eigenvalue weighted by Gasteiger charge is -2.30. The molecule has 23 heavy (non-hydrogen) atoms. The molecule has 0 N–H and O–H groups in total. The molecule has 3 aromatic rings. The minimum absolute atomic E-state index is 0.569. The van der Waals surface area contributed by atoms with Crippen LogP contribution in [-0.4, -0.2) is 16.1 Å². The smallest absolute Gasteiger partial charge is 0.155 e. The van der Waals surface area contributed by atoms with Crippen LogP contribution in [0.15, 0.2) is 30.3 Å². The summed E-state index contributed by atoms with van der Waals surface area (Å²) in [5.41, 5.74) is 6.56. The van der Waals surface area contributed by atoms with Crippen molar-refractivity contribution in [2.24, 2.45) is 7.05 Å². The third-order valence-corrected chi connectivity index (χ3v) is 5.35. The summed E-state index contributed by atoms with van der Waals surface area (Å²) in [6, 6.07) is 10.7. The first-order valence-corrected chi connectivity index (χ1v) is 8.38. The first-order valence-electron chi connectivity index (χ1n) is 8.00. The van der Waals surface area contributed by atoms with Crippen molar-refractivity contribution in [2.75, 3.05) is 11.4 Å². The molecule has 0 unspecified atom stereocenters. The van der Waals surface area contributed by atoms with Crippen LogP contribution in [0, 0.1) is 13.8 Å². The Labute approximate surface area is 141 Å². The van der Waals surface area contributed by atoms with E-state index in [0.717, 1.165) is 25.3 Å². The number of nitrogens with zero attached hydrogens (tertiary/aromatic N) is 3.